The topological polar surface area (TPSA) is 72.2 Å². The minimum Gasteiger partial charge on any atom is -0.398 e. The number of halogens is 4. The second kappa shape index (κ2) is 5.88. The van der Waals surface area contributed by atoms with Gasteiger partial charge in [-0.2, -0.15) is 0 Å². The van der Waals surface area contributed by atoms with Gasteiger partial charge in [0.25, 0.3) is 10.0 Å². The molecule has 2 aromatic rings. The van der Waals surface area contributed by atoms with Crippen LogP contribution in [0.3, 0.4) is 0 Å². The third-order valence-corrected chi connectivity index (χ3v) is 4.72. The van der Waals surface area contributed by atoms with Crippen molar-refractivity contribution in [1.82, 2.24) is 0 Å². The highest BCUT2D eigenvalue weighted by Gasteiger charge is 2.19. The van der Waals surface area contributed by atoms with Crippen molar-refractivity contribution in [3.63, 3.8) is 0 Å². The van der Waals surface area contributed by atoms with E-state index in [4.69, 9.17) is 40.5 Å². The number of hydrogen-bond acceptors (Lipinski definition) is 3. The zero-order valence-corrected chi connectivity index (χ0v) is 13.3. The average molecular weight is 370 g/mol. The molecule has 0 saturated heterocycles. The van der Waals surface area contributed by atoms with Gasteiger partial charge in [-0.15, -0.1) is 0 Å². The van der Waals surface area contributed by atoms with E-state index in [1.54, 1.807) is 0 Å². The molecule has 0 heterocycles. The molecule has 0 amide bonds. The fraction of sp³-hybridized carbons (Fsp3) is 0. The van der Waals surface area contributed by atoms with Crippen LogP contribution in [0.5, 0.6) is 0 Å². The van der Waals surface area contributed by atoms with E-state index >= 15 is 0 Å². The van der Waals surface area contributed by atoms with Crippen molar-refractivity contribution in [3.8, 4) is 0 Å². The van der Waals surface area contributed by atoms with Gasteiger partial charge in [-0.1, -0.05) is 34.8 Å². The van der Waals surface area contributed by atoms with E-state index in [2.05, 4.69) is 4.72 Å². The lowest BCUT2D eigenvalue weighted by atomic mass is 10.3. The average Bonchev–Trinajstić information content (AvgIpc) is 2.38. The molecular formula is C12H8Cl3FN2O2S. The third-order valence-electron chi connectivity index (χ3n) is 2.50. The van der Waals surface area contributed by atoms with Gasteiger partial charge in [-0.3, -0.25) is 4.72 Å². The molecule has 112 valence electrons. The Labute approximate surface area is 135 Å². The Balaban J connectivity index is 2.45. The van der Waals surface area contributed by atoms with E-state index < -0.39 is 15.8 Å². The van der Waals surface area contributed by atoms with Crippen molar-refractivity contribution >= 4 is 56.2 Å². The minimum absolute atomic E-state index is 0.00535. The van der Waals surface area contributed by atoms with Crippen LogP contribution in [0.4, 0.5) is 15.8 Å². The number of rotatable bonds is 3. The smallest absolute Gasteiger partial charge is 0.263 e. The molecule has 4 nitrogen and oxygen atoms in total. The molecule has 0 saturated carbocycles. The van der Waals surface area contributed by atoms with Crippen LogP contribution in [-0.2, 0) is 10.0 Å². The monoisotopic (exact) mass is 368 g/mol. The summed E-state index contributed by atoms with van der Waals surface area (Å²) in [6.45, 7) is 0. The molecule has 0 unspecified atom stereocenters. The molecule has 0 aliphatic rings. The van der Waals surface area contributed by atoms with Gasteiger partial charge in [0.2, 0.25) is 0 Å². The molecule has 0 fully saturated rings. The van der Waals surface area contributed by atoms with Crippen LogP contribution in [0.25, 0.3) is 0 Å². The first kappa shape index (κ1) is 16.2. The zero-order chi connectivity index (χ0) is 15.8. The van der Waals surface area contributed by atoms with Crippen LogP contribution in [-0.4, -0.2) is 8.42 Å². The molecule has 0 aliphatic heterocycles. The summed E-state index contributed by atoms with van der Waals surface area (Å²) in [5.74, 6) is -0.830. The Hall–Kier alpha value is -1.21. The van der Waals surface area contributed by atoms with E-state index in [0.29, 0.717) is 0 Å². The molecule has 9 heteroatoms. The molecule has 0 aliphatic carbocycles. The molecule has 21 heavy (non-hydrogen) atoms. The summed E-state index contributed by atoms with van der Waals surface area (Å²) >= 11 is 17.0. The van der Waals surface area contributed by atoms with E-state index in [9.17, 15) is 12.8 Å². The molecule has 3 N–H and O–H groups in total. The largest absolute Gasteiger partial charge is 0.398 e. The van der Waals surface area contributed by atoms with Crippen LogP contribution in [0.15, 0.2) is 35.2 Å². The lowest BCUT2D eigenvalue weighted by Crippen LogP contribution is -2.15. The number of nitrogen functional groups attached to an aromatic ring is 1. The standard InChI is InChI=1S/C12H8Cl3FN2O2S/c13-6-1-2-10(17)11(3-6)21(19,20)18-7-4-8(14)12(16)9(15)5-7/h1-5,18H,17H2. The first-order valence-electron chi connectivity index (χ1n) is 5.43. The normalized spacial score (nSPS) is 11.4. The summed E-state index contributed by atoms with van der Waals surface area (Å²) in [7, 11) is -4.01. The van der Waals surface area contributed by atoms with Gasteiger partial charge in [0.15, 0.2) is 5.82 Å². The van der Waals surface area contributed by atoms with E-state index in [1.165, 1.54) is 18.2 Å². The number of nitrogens with two attached hydrogens (primary N) is 1. The molecule has 2 aromatic carbocycles. The summed E-state index contributed by atoms with van der Waals surface area (Å²) < 4.78 is 40.0. The maximum atomic E-state index is 13.3. The Morgan fingerprint density at radius 2 is 1.62 bits per heavy atom. The van der Waals surface area contributed by atoms with Crippen LogP contribution in [0, 0.1) is 5.82 Å². The second-order valence-corrected chi connectivity index (χ2v) is 6.94. The van der Waals surface area contributed by atoms with Crippen molar-refractivity contribution in [1.29, 1.82) is 0 Å². The third kappa shape index (κ3) is 3.52. The van der Waals surface area contributed by atoms with E-state index in [-0.39, 0.29) is 31.3 Å². The van der Waals surface area contributed by atoms with Crippen LogP contribution < -0.4 is 10.5 Å². The highest BCUT2D eigenvalue weighted by Crippen LogP contribution is 2.30. The molecule has 0 spiro atoms. The molecule has 0 radical (unpaired) electrons. The Kier molecular flexibility index (Phi) is 4.53. The maximum absolute atomic E-state index is 13.3. The Bertz CT molecular complexity index is 789. The number of hydrogen-bond donors (Lipinski definition) is 2. The summed E-state index contributed by atoms with van der Waals surface area (Å²) in [5.41, 5.74) is 5.65. The first-order chi connectivity index (χ1) is 9.70. The first-order valence-corrected chi connectivity index (χ1v) is 8.05. The molecular weight excluding hydrogens is 362 g/mol. The Morgan fingerprint density at radius 1 is 1.05 bits per heavy atom. The van der Waals surface area contributed by atoms with Crippen LogP contribution in [0.1, 0.15) is 0 Å². The van der Waals surface area contributed by atoms with Crippen molar-refractivity contribution in [2.75, 3.05) is 10.5 Å². The van der Waals surface area contributed by atoms with Crippen molar-refractivity contribution in [3.05, 3.63) is 51.2 Å². The zero-order valence-electron chi connectivity index (χ0n) is 10.2. The summed E-state index contributed by atoms with van der Waals surface area (Å²) in [4.78, 5) is -0.202. The molecule has 0 atom stereocenters. The van der Waals surface area contributed by atoms with Crippen LogP contribution >= 0.6 is 34.8 Å². The highest BCUT2D eigenvalue weighted by atomic mass is 35.5. The van der Waals surface area contributed by atoms with Gasteiger partial charge in [0, 0.05) is 5.02 Å². The van der Waals surface area contributed by atoms with Gasteiger partial charge < -0.3 is 5.73 Å². The highest BCUT2D eigenvalue weighted by molar-refractivity contribution is 7.92. The second-order valence-electron chi connectivity index (χ2n) is 4.04. The molecule has 2 rings (SSSR count). The number of anilines is 2. The van der Waals surface area contributed by atoms with Crippen molar-refractivity contribution < 1.29 is 12.8 Å². The summed E-state index contributed by atoms with van der Waals surface area (Å²) in [6.07, 6.45) is 0. The van der Waals surface area contributed by atoms with E-state index in [0.717, 1.165) is 12.1 Å². The van der Waals surface area contributed by atoms with E-state index in [1.807, 2.05) is 0 Å². The SMILES string of the molecule is Nc1ccc(Cl)cc1S(=O)(=O)Nc1cc(Cl)c(F)c(Cl)c1. The van der Waals surface area contributed by atoms with Crippen molar-refractivity contribution in [2.45, 2.75) is 4.90 Å². The lowest BCUT2D eigenvalue weighted by molar-refractivity contribution is 0.601. The van der Waals surface area contributed by atoms with Crippen LogP contribution in [0.2, 0.25) is 15.1 Å². The van der Waals surface area contributed by atoms with Crippen molar-refractivity contribution in [2.24, 2.45) is 0 Å². The van der Waals surface area contributed by atoms with Gasteiger partial charge >= 0.3 is 0 Å². The minimum atomic E-state index is -4.01. The fourth-order valence-corrected chi connectivity index (χ4v) is 3.49. The number of benzene rings is 2. The molecule has 0 bridgehead atoms. The Morgan fingerprint density at radius 3 is 2.19 bits per heavy atom. The summed E-state index contributed by atoms with van der Waals surface area (Å²) in [5, 5.41) is -0.404. The predicted octanol–water partition coefficient (Wildman–Crippen LogP) is 4.17. The predicted molar refractivity (Wildman–Crippen MR) is 83.1 cm³/mol. The van der Waals surface area contributed by atoms with Gasteiger partial charge in [-0.05, 0) is 30.3 Å². The lowest BCUT2D eigenvalue weighted by Gasteiger charge is -2.11. The quantitative estimate of drug-likeness (QED) is 0.630. The number of nitrogens with one attached hydrogen (secondary N) is 1. The fourth-order valence-electron chi connectivity index (χ4n) is 1.57. The number of sulfonamides is 1. The van der Waals surface area contributed by atoms with Gasteiger partial charge in [-0.25, -0.2) is 12.8 Å². The van der Waals surface area contributed by atoms with Gasteiger partial charge in [0.05, 0.1) is 21.4 Å². The maximum Gasteiger partial charge on any atom is 0.263 e. The van der Waals surface area contributed by atoms with Gasteiger partial charge in [0.1, 0.15) is 4.90 Å². The molecule has 0 aromatic heterocycles. The summed E-state index contributed by atoms with van der Waals surface area (Å²) in [6, 6.07) is 6.22.